The van der Waals surface area contributed by atoms with Crippen LogP contribution >= 0.6 is 0 Å². The molecule has 0 spiro atoms. The van der Waals surface area contributed by atoms with Crippen LogP contribution in [0.25, 0.3) is 0 Å². The van der Waals surface area contributed by atoms with Gasteiger partial charge in [-0.05, 0) is 18.1 Å². The van der Waals surface area contributed by atoms with Crippen molar-refractivity contribution >= 4 is 5.91 Å². The van der Waals surface area contributed by atoms with E-state index in [2.05, 4.69) is 5.32 Å². The molecule has 0 aromatic heterocycles. The van der Waals surface area contributed by atoms with E-state index >= 15 is 0 Å². The van der Waals surface area contributed by atoms with Crippen LogP contribution in [-0.2, 0) is 11.2 Å². The molecule has 0 saturated carbocycles. The summed E-state index contributed by atoms with van der Waals surface area (Å²) in [7, 11) is 1.48. The Morgan fingerprint density at radius 3 is 2.75 bits per heavy atom. The number of amides is 1. The average Bonchev–Trinajstić information content (AvgIpc) is 2.30. The van der Waals surface area contributed by atoms with Gasteiger partial charge in [-0.1, -0.05) is 12.1 Å². The first-order chi connectivity index (χ1) is 7.60. The summed E-state index contributed by atoms with van der Waals surface area (Å²) in [6.07, 6.45) is 0.0970. The highest BCUT2D eigenvalue weighted by molar-refractivity contribution is 5.78. The molecule has 88 valence electrons. The van der Waals surface area contributed by atoms with Crippen molar-refractivity contribution < 1.29 is 13.6 Å². The maximum Gasteiger partial charge on any atom is 0.224 e. The lowest BCUT2D eigenvalue weighted by molar-refractivity contribution is -0.124. The van der Waals surface area contributed by atoms with E-state index in [-0.39, 0.29) is 24.4 Å². The van der Waals surface area contributed by atoms with E-state index in [4.69, 9.17) is 5.73 Å². The molecule has 0 bridgehead atoms. The molecule has 0 aliphatic rings. The van der Waals surface area contributed by atoms with Crippen LogP contribution in [0.15, 0.2) is 18.2 Å². The molecule has 5 heteroatoms. The van der Waals surface area contributed by atoms with E-state index in [1.54, 1.807) is 0 Å². The number of hydrogen-bond acceptors (Lipinski definition) is 2. The second-order valence-corrected chi connectivity index (χ2v) is 3.46. The molecule has 1 aromatic carbocycles. The van der Waals surface area contributed by atoms with E-state index < -0.39 is 17.6 Å². The van der Waals surface area contributed by atoms with Gasteiger partial charge >= 0.3 is 0 Å². The summed E-state index contributed by atoms with van der Waals surface area (Å²) < 4.78 is 26.2. The van der Waals surface area contributed by atoms with Crippen LogP contribution in [0.2, 0.25) is 0 Å². The first-order valence-corrected chi connectivity index (χ1v) is 4.94. The van der Waals surface area contributed by atoms with Crippen LogP contribution in [0.3, 0.4) is 0 Å². The van der Waals surface area contributed by atoms with E-state index in [1.165, 1.54) is 19.2 Å². The molecule has 0 aliphatic heterocycles. The summed E-state index contributed by atoms with van der Waals surface area (Å²) in [6.45, 7) is 0.0929. The highest BCUT2D eigenvalue weighted by atomic mass is 19.2. The Kier molecular flexibility index (Phi) is 4.37. The van der Waals surface area contributed by atoms with Gasteiger partial charge < -0.3 is 11.1 Å². The van der Waals surface area contributed by atoms with Crippen LogP contribution in [-0.4, -0.2) is 19.5 Å². The molecule has 1 amide bonds. The lowest BCUT2D eigenvalue weighted by atomic mass is 9.98. The quantitative estimate of drug-likeness (QED) is 0.802. The molecule has 1 unspecified atom stereocenters. The molecule has 16 heavy (non-hydrogen) atoms. The minimum Gasteiger partial charge on any atom is -0.359 e. The molecule has 0 saturated heterocycles. The predicted octanol–water partition coefficient (Wildman–Crippen LogP) is 0.828. The van der Waals surface area contributed by atoms with Crippen LogP contribution in [0.1, 0.15) is 5.56 Å². The van der Waals surface area contributed by atoms with E-state index in [9.17, 15) is 13.6 Å². The standard InChI is InChI=1S/C11H14F2N2O/c1-15-11(16)8(6-14)5-7-3-2-4-9(12)10(7)13/h2-4,8H,5-6,14H2,1H3,(H,15,16). The number of hydrogen-bond donors (Lipinski definition) is 2. The lowest BCUT2D eigenvalue weighted by Crippen LogP contribution is -2.34. The van der Waals surface area contributed by atoms with E-state index in [1.807, 2.05) is 0 Å². The summed E-state index contributed by atoms with van der Waals surface area (Å²) in [6, 6.07) is 3.89. The molecule has 0 radical (unpaired) electrons. The van der Waals surface area contributed by atoms with Crippen molar-refractivity contribution in [3.63, 3.8) is 0 Å². The first-order valence-electron chi connectivity index (χ1n) is 4.94. The molecule has 0 heterocycles. The maximum atomic E-state index is 13.3. The van der Waals surface area contributed by atoms with E-state index in [0.717, 1.165) is 6.07 Å². The predicted molar refractivity (Wildman–Crippen MR) is 56.7 cm³/mol. The number of nitrogens with two attached hydrogens (primary N) is 1. The Balaban J connectivity index is 2.86. The molecule has 1 aromatic rings. The number of nitrogens with one attached hydrogen (secondary N) is 1. The molecule has 1 atom stereocenters. The molecular formula is C11H14F2N2O. The summed E-state index contributed by atoms with van der Waals surface area (Å²) in [5.74, 6) is -2.64. The van der Waals surface area contributed by atoms with Crippen LogP contribution < -0.4 is 11.1 Å². The fraction of sp³-hybridized carbons (Fsp3) is 0.364. The highest BCUT2D eigenvalue weighted by Gasteiger charge is 2.18. The van der Waals surface area contributed by atoms with Crippen LogP contribution in [0.4, 0.5) is 8.78 Å². The third-order valence-corrected chi connectivity index (χ3v) is 2.40. The van der Waals surface area contributed by atoms with Crippen molar-refractivity contribution in [3.8, 4) is 0 Å². The van der Waals surface area contributed by atoms with Gasteiger partial charge in [0, 0.05) is 13.6 Å². The van der Waals surface area contributed by atoms with Gasteiger partial charge in [0.2, 0.25) is 5.91 Å². The molecule has 3 N–H and O–H groups in total. The molecule has 1 rings (SSSR count). The molecule has 3 nitrogen and oxygen atoms in total. The lowest BCUT2D eigenvalue weighted by Gasteiger charge is -2.13. The minimum atomic E-state index is -0.912. The molecule has 0 aliphatic carbocycles. The van der Waals surface area contributed by atoms with Crippen molar-refractivity contribution in [1.29, 1.82) is 0 Å². The summed E-state index contributed by atoms with van der Waals surface area (Å²) in [5, 5.41) is 2.44. The minimum absolute atomic E-state index is 0.0929. The van der Waals surface area contributed by atoms with Gasteiger partial charge in [-0.15, -0.1) is 0 Å². The van der Waals surface area contributed by atoms with Crippen molar-refractivity contribution in [3.05, 3.63) is 35.4 Å². The summed E-state index contributed by atoms with van der Waals surface area (Å²) in [4.78, 5) is 11.3. The van der Waals surface area contributed by atoms with Gasteiger partial charge in [-0.2, -0.15) is 0 Å². The highest BCUT2D eigenvalue weighted by Crippen LogP contribution is 2.15. The number of halogens is 2. The van der Waals surface area contributed by atoms with E-state index in [0.29, 0.717) is 0 Å². The Labute approximate surface area is 92.6 Å². The average molecular weight is 228 g/mol. The smallest absolute Gasteiger partial charge is 0.224 e. The largest absolute Gasteiger partial charge is 0.359 e. The van der Waals surface area contributed by atoms with Crippen molar-refractivity contribution in [2.45, 2.75) is 6.42 Å². The fourth-order valence-electron chi connectivity index (χ4n) is 1.46. The third-order valence-electron chi connectivity index (χ3n) is 2.40. The third kappa shape index (κ3) is 2.76. The topological polar surface area (TPSA) is 55.1 Å². The Morgan fingerprint density at radius 2 is 2.19 bits per heavy atom. The van der Waals surface area contributed by atoms with Gasteiger partial charge in [-0.25, -0.2) is 8.78 Å². The first kappa shape index (κ1) is 12.6. The molecule has 0 fully saturated rings. The monoisotopic (exact) mass is 228 g/mol. The van der Waals surface area contributed by atoms with Crippen LogP contribution in [0.5, 0.6) is 0 Å². The van der Waals surface area contributed by atoms with Gasteiger partial charge in [0.1, 0.15) is 0 Å². The summed E-state index contributed by atoms with van der Waals surface area (Å²) >= 11 is 0. The van der Waals surface area contributed by atoms with Gasteiger partial charge in [0.25, 0.3) is 0 Å². The zero-order valence-electron chi connectivity index (χ0n) is 8.97. The number of rotatable bonds is 4. The number of carbonyl (C=O) groups excluding carboxylic acids is 1. The zero-order valence-corrected chi connectivity index (χ0v) is 8.97. The second-order valence-electron chi connectivity index (χ2n) is 3.46. The van der Waals surface area contributed by atoms with Crippen molar-refractivity contribution in [2.75, 3.05) is 13.6 Å². The number of benzene rings is 1. The number of carbonyl (C=O) groups is 1. The maximum absolute atomic E-state index is 13.3. The van der Waals surface area contributed by atoms with Crippen molar-refractivity contribution in [2.24, 2.45) is 11.7 Å². The summed E-state index contributed by atoms with van der Waals surface area (Å²) in [5.41, 5.74) is 5.57. The molecular weight excluding hydrogens is 214 g/mol. The van der Waals surface area contributed by atoms with Gasteiger partial charge in [0.05, 0.1) is 5.92 Å². The normalized spacial score (nSPS) is 12.2. The van der Waals surface area contributed by atoms with Gasteiger partial charge in [-0.3, -0.25) is 4.79 Å². The van der Waals surface area contributed by atoms with Crippen molar-refractivity contribution in [1.82, 2.24) is 5.32 Å². The van der Waals surface area contributed by atoms with Gasteiger partial charge in [0.15, 0.2) is 11.6 Å². The second kappa shape index (κ2) is 5.55. The zero-order chi connectivity index (χ0) is 12.1. The Hall–Kier alpha value is -1.49. The SMILES string of the molecule is CNC(=O)C(CN)Cc1cccc(F)c1F. The fourth-order valence-corrected chi connectivity index (χ4v) is 1.46. The van der Waals surface area contributed by atoms with Crippen LogP contribution in [0, 0.1) is 17.6 Å². The Bertz CT molecular complexity index is 382. The Morgan fingerprint density at radius 1 is 1.50 bits per heavy atom.